The minimum Gasteiger partial charge on any atom is -0.490 e. The van der Waals surface area contributed by atoms with Crippen LogP contribution in [0.5, 0.6) is 11.5 Å². The Morgan fingerprint density at radius 3 is 2.68 bits per heavy atom. The van der Waals surface area contributed by atoms with Crippen LogP contribution >= 0.6 is 11.6 Å². The number of ether oxygens (including phenoxy) is 2. The van der Waals surface area contributed by atoms with E-state index in [4.69, 9.17) is 21.1 Å². The highest BCUT2D eigenvalue weighted by Crippen LogP contribution is 2.33. The van der Waals surface area contributed by atoms with Crippen molar-refractivity contribution < 1.29 is 19.2 Å². The first kappa shape index (κ1) is 19.1. The van der Waals surface area contributed by atoms with Gasteiger partial charge in [0.2, 0.25) is 0 Å². The Hall–Kier alpha value is -2.24. The number of hydrogen-bond donors (Lipinski definition) is 2. The van der Waals surface area contributed by atoms with Crippen LogP contribution in [-0.4, -0.2) is 32.2 Å². The second-order valence-corrected chi connectivity index (χ2v) is 7.88. The third kappa shape index (κ3) is 4.59. The molecular weight excluding hydrogens is 376 g/mol. The molecule has 0 aliphatic carbocycles. The lowest BCUT2D eigenvalue weighted by molar-refractivity contribution is -0.910. The van der Waals surface area contributed by atoms with Crippen molar-refractivity contribution in [3.8, 4) is 11.5 Å². The number of carbonyl (C=O) groups excluding carboxylic acids is 1. The number of carbonyl (C=O) groups is 1. The van der Waals surface area contributed by atoms with Crippen LogP contribution in [0.4, 0.5) is 0 Å². The van der Waals surface area contributed by atoms with E-state index in [2.05, 4.69) is 17.4 Å². The zero-order valence-corrected chi connectivity index (χ0v) is 16.6. The van der Waals surface area contributed by atoms with Crippen LogP contribution in [-0.2, 0) is 11.3 Å². The van der Waals surface area contributed by atoms with E-state index >= 15 is 0 Å². The van der Waals surface area contributed by atoms with E-state index in [1.54, 1.807) is 0 Å². The van der Waals surface area contributed by atoms with Crippen molar-refractivity contribution in [3.05, 3.63) is 58.6 Å². The Morgan fingerprint density at radius 2 is 1.86 bits per heavy atom. The first-order valence-corrected chi connectivity index (χ1v) is 10.3. The number of halogens is 1. The molecule has 0 spiro atoms. The second kappa shape index (κ2) is 8.84. The first-order chi connectivity index (χ1) is 13.7. The highest BCUT2D eigenvalue weighted by molar-refractivity contribution is 6.30. The molecule has 0 aromatic heterocycles. The predicted molar refractivity (Wildman–Crippen MR) is 108 cm³/mol. The summed E-state index contributed by atoms with van der Waals surface area (Å²) in [5.74, 6) is 1.72. The summed E-state index contributed by atoms with van der Waals surface area (Å²) in [6, 6.07) is 14.1. The van der Waals surface area contributed by atoms with Crippen molar-refractivity contribution in [2.75, 3.05) is 26.3 Å². The number of hydrogen-bond acceptors (Lipinski definition) is 3. The lowest BCUT2D eigenvalue weighted by Gasteiger charge is -2.22. The average molecular weight is 402 g/mol. The van der Waals surface area contributed by atoms with Crippen molar-refractivity contribution in [2.24, 2.45) is 0 Å². The molecule has 0 radical (unpaired) electrons. The summed E-state index contributed by atoms with van der Waals surface area (Å²) in [4.78, 5) is 13.8. The summed E-state index contributed by atoms with van der Waals surface area (Å²) in [6.45, 7) is 3.39. The number of nitrogens with one attached hydrogen (secondary N) is 2. The van der Waals surface area contributed by atoms with Gasteiger partial charge in [-0.15, -0.1) is 0 Å². The largest absolute Gasteiger partial charge is 0.490 e. The van der Waals surface area contributed by atoms with Crippen LogP contribution in [0.2, 0.25) is 5.02 Å². The van der Waals surface area contributed by atoms with Gasteiger partial charge in [-0.05, 0) is 35.9 Å². The Balaban J connectivity index is 1.37. The number of benzene rings is 2. The summed E-state index contributed by atoms with van der Waals surface area (Å²) in [5, 5.41) is 3.73. The number of amides is 1. The van der Waals surface area contributed by atoms with Gasteiger partial charge < -0.3 is 19.7 Å². The minimum atomic E-state index is 0.0752. The van der Waals surface area contributed by atoms with Gasteiger partial charge in [-0.1, -0.05) is 23.7 Å². The van der Waals surface area contributed by atoms with Crippen LogP contribution in [0.15, 0.2) is 42.5 Å². The van der Waals surface area contributed by atoms with Gasteiger partial charge in [0.1, 0.15) is 6.04 Å². The van der Waals surface area contributed by atoms with E-state index in [1.165, 1.54) is 10.5 Å². The van der Waals surface area contributed by atoms with E-state index in [9.17, 15) is 4.79 Å². The topological polar surface area (TPSA) is 52.0 Å². The van der Waals surface area contributed by atoms with E-state index in [1.807, 2.05) is 30.3 Å². The fraction of sp³-hybridized carbons (Fsp3) is 0.409. The SMILES string of the molecule is O=C(C[NH+]1CCC[C@@H]1c1ccc2c(c1)OCCCO2)NCc1ccc(Cl)cc1. The Morgan fingerprint density at radius 1 is 1.07 bits per heavy atom. The fourth-order valence-electron chi connectivity index (χ4n) is 3.99. The number of fused-ring (bicyclic) bond motifs is 1. The molecule has 1 unspecified atom stereocenters. The predicted octanol–water partition coefficient (Wildman–Crippen LogP) is 2.54. The fourth-order valence-corrected chi connectivity index (χ4v) is 4.12. The molecule has 28 heavy (non-hydrogen) atoms. The molecule has 2 aromatic carbocycles. The van der Waals surface area contributed by atoms with Crippen LogP contribution in [0.25, 0.3) is 0 Å². The number of rotatable bonds is 5. The van der Waals surface area contributed by atoms with Crippen molar-refractivity contribution >= 4 is 17.5 Å². The lowest BCUT2D eigenvalue weighted by Crippen LogP contribution is -3.11. The molecule has 2 aliphatic heterocycles. The maximum atomic E-state index is 12.5. The molecule has 2 N–H and O–H groups in total. The van der Waals surface area contributed by atoms with Crippen LogP contribution in [0.3, 0.4) is 0 Å². The van der Waals surface area contributed by atoms with Gasteiger partial charge in [-0.25, -0.2) is 0 Å². The average Bonchev–Trinajstić information content (AvgIpc) is 3.03. The Kier molecular flexibility index (Phi) is 6.03. The van der Waals surface area contributed by atoms with Crippen molar-refractivity contribution in [2.45, 2.75) is 31.8 Å². The standard InChI is InChI=1S/C22H25ClN2O3/c23-18-7-4-16(5-8-18)14-24-22(26)15-25-10-1-3-19(25)17-6-9-20-21(13-17)28-12-2-11-27-20/h4-9,13,19H,1-3,10-12,14-15H2,(H,24,26)/p+1/t19-/m1/s1. The van der Waals surface area contributed by atoms with Gasteiger partial charge in [0.05, 0.1) is 19.8 Å². The van der Waals surface area contributed by atoms with Crippen LogP contribution < -0.4 is 19.7 Å². The van der Waals surface area contributed by atoms with Gasteiger partial charge in [0, 0.05) is 36.4 Å². The molecular formula is C22H26ClN2O3+. The molecule has 2 aliphatic rings. The van der Waals surface area contributed by atoms with Gasteiger partial charge in [-0.2, -0.15) is 0 Å². The van der Waals surface area contributed by atoms with Gasteiger partial charge in [0.15, 0.2) is 18.0 Å². The van der Waals surface area contributed by atoms with E-state index in [0.717, 1.165) is 42.9 Å². The van der Waals surface area contributed by atoms with Crippen molar-refractivity contribution in [1.82, 2.24) is 5.32 Å². The Labute approximate surface area is 170 Å². The molecule has 4 rings (SSSR count). The second-order valence-electron chi connectivity index (χ2n) is 7.44. The summed E-state index contributed by atoms with van der Waals surface area (Å²) in [7, 11) is 0. The third-order valence-corrected chi connectivity index (χ3v) is 5.70. The van der Waals surface area contributed by atoms with Crippen LogP contribution in [0, 0.1) is 0 Å². The Bertz CT molecular complexity index is 825. The number of likely N-dealkylation sites (tertiary alicyclic amines) is 1. The molecule has 148 valence electrons. The molecule has 0 saturated carbocycles. The zero-order valence-electron chi connectivity index (χ0n) is 15.9. The van der Waals surface area contributed by atoms with Crippen LogP contribution in [0.1, 0.15) is 36.4 Å². The zero-order chi connectivity index (χ0) is 19.3. The maximum Gasteiger partial charge on any atom is 0.275 e. The lowest BCUT2D eigenvalue weighted by atomic mass is 10.0. The molecule has 1 amide bonds. The summed E-state index contributed by atoms with van der Waals surface area (Å²) < 4.78 is 11.6. The minimum absolute atomic E-state index is 0.0752. The van der Waals surface area contributed by atoms with E-state index in [-0.39, 0.29) is 5.91 Å². The molecule has 6 heteroatoms. The van der Waals surface area contributed by atoms with E-state index in [0.29, 0.717) is 37.4 Å². The normalized spacial score (nSPS) is 21.2. The molecule has 2 atom stereocenters. The first-order valence-electron chi connectivity index (χ1n) is 9.94. The quantitative estimate of drug-likeness (QED) is 0.809. The van der Waals surface area contributed by atoms with Crippen molar-refractivity contribution in [3.63, 3.8) is 0 Å². The summed E-state index contributed by atoms with van der Waals surface area (Å²) >= 11 is 5.91. The van der Waals surface area contributed by atoms with E-state index < -0.39 is 0 Å². The van der Waals surface area contributed by atoms with Gasteiger partial charge in [0.25, 0.3) is 5.91 Å². The molecule has 1 fully saturated rings. The maximum absolute atomic E-state index is 12.5. The monoisotopic (exact) mass is 401 g/mol. The smallest absolute Gasteiger partial charge is 0.275 e. The molecule has 0 bridgehead atoms. The van der Waals surface area contributed by atoms with Crippen molar-refractivity contribution in [1.29, 1.82) is 0 Å². The summed E-state index contributed by atoms with van der Waals surface area (Å²) in [5.41, 5.74) is 2.27. The molecule has 2 heterocycles. The van der Waals surface area contributed by atoms with Gasteiger partial charge in [-0.3, -0.25) is 4.79 Å². The highest BCUT2D eigenvalue weighted by Gasteiger charge is 2.32. The summed E-state index contributed by atoms with van der Waals surface area (Å²) in [6.07, 6.45) is 3.11. The number of quaternary nitrogens is 1. The highest BCUT2D eigenvalue weighted by atomic mass is 35.5. The molecule has 2 aromatic rings. The molecule has 5 nitrogen and oxygen atoms in total. The van der Waals surface area contributed by atoms with Gasteiger partial charge >= 0.3 is 0 Å². The molecule has 1 saturated heterocycles. The third-order valence-electron chi connectivity index (χ3n) is 5.45.